The van der Waals surface area contributed by atoms with E-state index in [0.717, 1.165) is 17.7 Å². The van der Waals surface area contributed by atoms with Crippen molar-refractivity contribution in [2.45, 2.75) is 37.6 Å². The van der Waals surface area contributed by atoms with Crippen LogP contribution in [0.3, 0.4) is 0 Å². The van der Waals surface area contributed by atoms with E-state index < -0.39 is 29.2 Å². The van der Waals surface area contributed by atoms with E-state index in [-0.39, 0.29) is 32.0 Å². The fraction of sp³-hybridized carbons (Fsp3) is 0.235. The third-order valence-electron chi connectivity index (χ3n) is 7.47. The molecule has 1 aliphatic heterocycles. The van der Waals surface area contributed by atoms with Gasteiger partial charge in [0, 0.05) is 36.5 Å². The van der Waals surface area contributed by atoms with Crippen LogP contribution in [-0.2, 0) is 29.0 Å². The Morgan fingerprint density at radius 2 is 1.76 bits per heavy atom. The molecule has 0 saturated carbocycles. The summed E-state index contributed by atoms with van der Waals surface area (Å²) in [4.78, 5) is 22.2. The molecule has 0 bridgehead atoms. The van der Waals surface area contributed by atoms with E-state index >= 15 is 0 Å². The van der Waals surface area contributed by atoms with E-state index in [9.17, 15) is 13.6 Å². The van der Waals surface area contributed by atoms with Crippen molar-refractivity contribution in [3.05, 3.63) is 147 Å². The number of hydrogen-bond donors (Lipinski definition) is 3. The SMILES string of the molecule is [N-]=[N+]=NCc1ccccc1[C@@H]1OC(c2ccc(OCCCO)cc2)=N[C@]1(Cc1ccccc1)C(=O)NNCc1ccc(F)c(F)c1. The number of benzene rings is 4. The van der Waals surface area contributed by atoms with Gasteiger partial charge in [-0.1, -0.05) is 65.8 Å². The van der Waals surface area contributed by atoms with Crippen molar-refractivity contribution in [3.8, 4) is 5.75 Å². The van der Waals surface area contributed by atoms with Crippen molar-refractivity contribution in [2.75, 3.05) is 13.2 Å². The van der Waals surface area contributed by atoms with E-state index in [4.69, 9.17) is 25.1 Å². The molecular weight excluding hydrogens is 594 g/mol. The molecule has 0 fully saturated rings. The van der Waals surface area contributed by atoms with Crippen LogP contribution in [0.5, 0.6) is 5.75 Å². The van der Waals surface area contributed by atoms with Crippen LogP contribution in [0.25, 0.3) is 10.4 Å². The zero-order chi connectivity index (χ0) is 32.4. The second-order valence-corrected chi connectivity index (χ2v) is 10.6. The summed E-state index contributed by atoms with van der Waals surface area (Å²) in [6, 6.07) is 27.1. The van der Waals surface area contributed by atoms with Gasteiger partial charge < -0.3 is 14.6 Å². The number of nitrogens with one attached hydrogen (secondary N) is 2. The highest BCUT2D eigenvalue weighted by Crippen LogP contribution is 2.43. The number of rotatable bonds is 14. The minimum Gasteiger partial charge on any atom is -0.494 e. The predicted molar refractivity (Wildman–Crippen MR) is 168 cm³/mol. The molecule has 1 aliphatic rings. The first-order valence-corrected chi connectivity index (χ1v) is 14.6. The van der Waals surface area contributed by atoms with Gasteiger partial charge in [0.25, 0.3) is 5.91 Å². The lowest BCUT2D eigenvalue weighted by molar-refractivity contribution is -0.130. The predicted octanol–water partition coefficient (Wildman–Crippen LogP) is 5.86. The van der Waals surface area contributed by atoms with Crippen LogP contribution < -0.4 is 15.6 Å². The molecule has 4 aromatic carbocycles. The number of azide groups is 1. The molecule has 0 spiro atoms. The molecule has 3 N–H and O–H groups in total. The summed E-state index contributed by atoms with van der Waals surface area (Å²) in [5.74, 6) is -1.67. The summed E-state index contributed by atoms with van der Waals surface area (Å²) in [5.41, 5.74) is 16.2. The van der Waals surface area contributed by atoms with Crippen molar-refractivity contribution in [3.63, 3.8) is 0 Å². The molecule has 5 rings (SSSR count). The number of nitrogens with zero attached hydrogens (tertiary/aromatic N) is 4. The van der Waals surface area contributed by atoms with Gasteiger partial charge in [-0.15, -0.1) is 0 Å². The zero-order valence-corrected chi connectivity index (χ0v) is 24.8. The maximum absolute atomic E-state index is 14.4. The first-order valence-electron chi connectivity index (χ1n) is 14.6. The molecule has 1 amide bonds. The van der Waals surface area contributed by atoms with Crippen molar-refractivity contribution in [1.82, 2.24) is 10.9 Å². The van der Waals surface area contributed by atoms with Crippen LogP contribution >= 0.6 is 0 Å². The number of carbonyl (C=O) groups is 1. The Hall–Kier alpha value is -5.29. The molecule has 236 valence electrons. The summed E-state index contributed by atoms with van der Waals surface area (Å²) >= 11 is 0. The second kappa shape index (κ2) is 15.1. The Labute approximate surface area is 264 Å². The molecule has 46 heavy (non-hydrogen) atoms. The van der Waals surface area contributed by atoms with Crippen LogP contribution in [0, 0.1) is 11.6 Å². The number of halogens is 2. The monoisotopic (exact) mass is 626 g/mol. The van der Waals surface area contributed by atoms with E-state index in [0.29, 0.717) is 41.0 Å². The van der Waals surface area contributed by atoms with Gasteiger partial charge in [-0.05, 0) is 64.2 Å². The summed E-state index contributed by atoms with van der Waals surface area (Å²) in [7, 11) is 0. The number of ether oxygens (including phenoxy) is 2. The van der Waals surface area contributed by atoms with Crippen LogP contribution in [0.1, 0.15) is 40.3 Å². The average molecular weight is 627 g/mol. The summed E-state index contributed by atoms with van der Waals surface area (Å²) in [6.45, 7) is 0.415. The third kappa shape index (κ3) is 7.49. The van der Waals surface area contributed by atoms with Crippen LogP contribution in [-0.4, -0.2) is 35.7 Å². The topological polar surface area (TPSA) is 141 Å². The quantitative estimate of drug-likeness (QED) is 0.0529. The molecule has 10 nitrogen and oxygen atoms in total. The Morgan fingerprint density at radius 3 is 2.50 bits per heavy atom. The van der Waals surface area contributed by atoms with Crippen LogP contribution in [0.15, 0.2) is 107 Å². The van der Waals surface area contributed by atoms with Crippen molar-refractivity contribution < 1.29 is 28.2 Å². The van der Waals surface area contributed by atoms with Gasteiger partial charge in [0.1, 0.15) is 5.75 Å². The molecule has 0 saturated heterocycles. The third-order valence-corrected chi connectivity index (χ3v) is 7.47. The Balaban J connectivity index is 1.54. The van der Waals surface area contributed by atoms with Crippen molar-refractivity contribution >= 4 is 11.8 Å². The normalized spacial score (nSPS) is 17.0. The standard InChI is InChI=1S/C34H32F2N6O4/c35-29-16-11-24(19-30(29)36)21-38-41-33(44)34(20-23-7-2-1-3-8-23)31(28-10-5-4-9-26(28)22-39-42-37)46-32(40-34)25-12-14-27(15-13-25)45-18-6-17-43/h1-5,7-16,19,31,38,43H,6,17-18,20-22H2,(H,41,44)/t31-,34-/m0/s1. The summed E-state index contributed by atoms with van der Waals surface area (Å²) < 4.78 is 39.5. The number of amides is 1. The summed E-state index contributed by atoms with van der Waals surface area (Å²) in [6.07, 6.45) is -0.312. The maximum Gasteiger partial charge on any atom is 0.266 e. The molecule has 1 heterocycles. The molecule has 0 aromatic heterocycles. The second-order valence-electron chi connectivity index (χ2n) is 10.6. The van der Waals surface area contributed by atoms with Crippen molar-refractivity contribution in [1.29, 1.82) is 0 Å². The lowest BCUT2D eigenvalue weighted by Crippen LogP contribution is -2.53. The number of aliphatic hydroxyl groups excluding tert-OH is 1. The molecular formula is C34H32F2N6O4. The Bertz CT molecular complexity index is 1730. The zero-order valence-electron chi connectivity index (χ0n) is 24.8. The number of hydrazine groups is 1. The fourth-order valence-corrected chi connectivity index (χ4v) is 5.19. The smallest absolute Gasteiger partial charge is 0.266 e. The number of carbonyl (C=O) groups excluding carboxylic acids is 1. The van der Waals surface area contributed by atoms with Gasteiger partial charge in [0.2, 0.25) is 5.90 Å². The van der Waals surface area contributed by atoms with Crippen LogP contribution in [0.4, 0.5) is 8.78 Å². The Morgan fingerprint density at radius 1 is 1.00 bits per heavy atom. The van der Waals surface area contributed by atoms with E-state index in [1.807, 2.05) is 36.4 Å². The molecule has 4 aromatic rings. The van der Waals surface area contributed by atoms with Gasteiger partial charge in [-0.25, -0.2) is 19.2 Å². The van der Waals surface area contributed by atoms with Gasteiger partial charge >= 0.3 is 0 Å². The highest BCUT2D eigenvalue weighted by atomic mass is 19.2. The fourth-order valence-electron chi connectivity index (χ4n) is 5.19. The molecule has 0 unspecified atom stereocenters. The highest BCUT2D eigenvalue weighted by Gasteiger charge is 2.53. The number of hydrogen-bond acceptors (Lipinski definition) is 7. The van der Waals surface area contributed by atoms with E-state index in [1.54, 1.807) is 42.5 Å². The molecule has 12 heteroatoms. The van der Waals surface area contributed by atoms with Gasteiger partial charge in [-0.3, -0.25) is 10.2 Å². The average Bonchev–Trinajstić information content (AvgIpc) is 3.46. The van der Waals surface area contributed by atoms with Gasteiger partial charge in [0.05, 0.1) is 13.2 Å². The first kappa shape index (κ1) is 32.1. The highest BCUT2D eigenvalue weighted by molar-refractivity contribution is 6.01. The largest absolute Gasteiger partial charge is 0.494 e. The molecule has 0 aliphatic carbocycles. The first-order chi connectivity index (χ1) is 22.4. The lowest BCUT2D eigenvalue weighted by atomic mass is 9.81. The van der Waals surface area contributed by atoms with E-state index in [2.05, 4.69) is 20.9 Å². The van der Waals surface area contributed by atoms with E-state index in [1.165, 1.54) is 6.07 Å². The number of aliphatic hydroxyl groups is 1. The van der Waals surface area contributed by atoms with Crippen LogP contribution in [0.2, 0.25) is 0 Å². The van der Waals surface area contributed by atoms with Crippen molar-refractivity contribution in [2.24, 2.45) is 10.1 Å². The summed E-state index contributed by atoms with van der Waals surface area (Å²) in [5, 5.41) is 12.8. The van der Waals surface area contributed by atoms with Gasteiger partial charge in [0.15, 0.2) is 23.3 Å². The minimum atomic E-state index is -1.56. The van der Waals surface area contributed by atoms with Gasteiger partial charge in [-0.2, -0.15) is 0 Å². The lowest BCUT2D eigenvalue weighted by Gasteiger charge is -2.31. The molecule has 2 atom stereocenters. The number of aliphatic imine (C=N–C) groups is 1. The maximum atomic E-state index is 14.4. The Kier molecular flexibility index (Phi) is 10.6. The minimum absolute atomic E-state index is 0.0116. The molecule has 0 radical (unpaired) electrons.